The molecule has 0 aliphatic heterocycles. The zero-order chi connectivity index (χ0) is 27.8. The van der Waals surface area contributed by atoms with E-state index in [4.69, 9.17) is 0 Å². The molecular weight excluding hydrogens is 502 g/mol. The third kappa shape index (κ3) is 4.41. The summed E-state index contributed by atoms with van der Waals surface area (Å²) in [5, 5.41) is 12.9. The molecule has 1 atom stereocenters. The largest absolute Gasteiger partial charge is 0.344 e. The number of carbonyl (C=O) groups excluding carboxylic acids is 1. The second kappa shape index (κ2) is 10.0. The number of nitrogens with one attached hydrogen (secondary N) is 1. The first-order chi connectivity index (χ1) is 19.4. The second-order valence-electron chi connectivity index (χ2n) is 9.53. The monoisotopic (exact) mass is 527 g/mol. The molecule has 6 aromatic rings. The van der Waals surface area contributed by atoms with Gasteiger partial charge in [0.05, 0.1) is 46.2 Å². The van der Waals surface area contributed by atoms with Crippen molar-refractivity contribution in [2.24, 2.45) is 7.05 Å². The Morgan fingerprint density at radius 1 is 1.05 bits per heavy atom. The minimum absolute atomic E-state index is 0.216. The van der Waals surface area contributed by atoms with E-state index in [9.17, 15) is 9.59 Å². The summed E-state index contributed by atoms with van der Waals surface area (Å²) < 4.78 is 4.96. The van der Waals surface area contributed by atoms with Crippen molar-refractivity contribution in [1.29, 1.82) is 0 Å². The zero-order valence-corrected chi connectivity index (χ0v) is 22.2. The van der Waals surface area contributed by atoms with Crippen LogP contribution in [-0.2, 0) is 7.05 Å². The Bertz CT molecular complexity index is 2020. The maximum absolute atomic E-state index is 14.2. The van der Waals surface area contributed by atoms with Crippen LogP contribution in [0.15, 0.2) is 90.4 Å². The van der Waals surface area contributed by atoms with Gasteiger partial charge in [-0.25, -0.2) is 4.52 Å². The zero-order valence-electron chi connectivity index (χ0n) is 22.2. The Balaban J connectivity index is 1.48. The molecule has 0 radical (unpaired) electrons. The molecule has 0 aliphatic carbocycles. The summed E-state index contributed by atoms with van der Waals surface area (Å²) in [5.41, 5.74) is 4.14. The Labute approximate surface area is 229 Å². The van der Waals surface area contributed by atoms with Gasteiger partial charge in [0.2, 0.25) is 0 Å². The van der Waals surface area contributed by atoms with Gasteiger partial charge in [-0.3, -0.25) is 23.8 Å². The van der Waals surface area contributed by atoms with Crippen molar-refractivity contribution in [3.05, 3.63) is 124 Å². The molecule has 6 rings (SSSR count). The molecule has 9 nitrogen and oxygen atoms in total. The van der Waals surface area contributed by atoms with E-state index in [0.717, 1.165) is 10.9 Å². The number of aryl methyl sites for hydroxylation is 2. The highest BCUT2D eigenvalue weighted by Gasteiger charge is 2.23. The van der Waals surface area contributed by atoms with Crippen molar-refractivity contribution in [2.45, 2.75) is 19.9 Å². The number of para-hydroxylation sites is 1. The molecule has 0 unspecified atom stereocenters. The molecule has 4 heterocycles. The van der Waals surface area contributed by atoms with Crippen molar-refractivity contribution < 1.29 is 4.79 Å². The lowest BCUT2D eigenvalue weighted by molar-refractivity contribution is 0.0939. The number of hydrogen-bond donors (Lipinski definition) is 1. The van der Waals surface area contributed by atoms with Gasteiger partial charge >= 0.3 is 0 Å². The van der Waals surface area contributed by atoms with Gasteiger partial charge in [0.1, 0.15) is 0 Å². The third-order valence-electron chi connectivity index (χ3n) is 6.77. The SMILES string of the molecule is Cc1nn2ccncc2c1C(=O)N[C@@H](C)c1cc2cccc(C#Cc3cnn(C)c3)c2c(=O)n1-c1ccccc1. The van der Waals surface area contributed by atoms with Gasteiger partial charge < -0.3 is 5.32 Å². The highest BCUT2D eigenvalue weighted by Crippen LogP contribution is 2.24. The molecule has 0 bridgehead atoms. The number of carbonyl (C=O) groups is 1. The van der Waals surface area contributed by atoms with Crippen molar-refractivity contribution in [1.82, 2.24) is 34.3 Å². The van der Waals surface area contributed by atoms with Gasteiger partial charge in [0.15, 0.2) is 0 Å². The van der Waals surface area contributed by atoms with E-state index in [1.165, 1.54) is 0 Å². The van der Waals surface area contributed by atoms with E-state index in [1.807, 2.05) is 74.8 Å². The molecule has 2 aromatic carbocycles. The van der Waals surface area contributed by atoms with E-state index in [1.54, 1.807) is 45.5 Å². The van der Waals surface area contributed by atoms with Crippen LogP contribution >= 0.6 is 0 Å². The summed E-state index contributed by atoms with van der Waals surface area (Å²) in [5.74, 6) is 5.97. The fourth-order valence-electron chi connectivity index (χ4n) is 4.91. The smallest absolute Gasteiger partial charge is 0.264 e. The highest BCUT2D eigenvalue weighted by molar-refractivity contribution is 6.02. The molecular formula is C31H25N7O2. The van der Waals surface area contributed by atoms with Crippen LogP contribution in [-0.4, -0.2) is 34.9 Å². The molecule has 0 saturated carbocycles. The number of nitrogens with zero attached hydrogens (tertiary/aromatic N) is 6. The Hall–Kier alpha value is -5.49. The molecule has 0 saturated heterocycles. The molecule has 1 N–H and O–H groups in total. The van der Waals surface area contributed by atoms with Gasteiger partial charge in [0, 0.05) is 42.6 Å². The molecule has 1 amide bonds. The summed E-state index contributed by atoms with van der Waals surface area (Å²) in [6, 6.07) is 16.4. The number of hydrogen-bond acceptors (Lipinski definition) is 5. The minimum Gasteiger partial charge on any atom is -0.344 e. The highest BCUT2D eigenvalue weighted by atomic mass is 16.2. The number of amides is 1. The molecule has 196 valence electrons. The number of fused-ring (bicyclic) bond motifs is 2. The Morgan fingerprint density at radius 2 is 1.88 bits per heavy atom. The van der Waals surface area contributed by atoms with Crippen molar-refractivity contribution >= 4 is 22.2 Å². The van der Waals surface area contributed by atoms with E-state index in [-0.39, 0.29) is 11.5 Å². The topological polar surface area (TPSA) is 99.1 Å². The Kier molecular flexibility index (Phi) is 6.21. The number of pyridine rings is 1. The predicted octanol–water partition coefficient (Wildman–Crippen LogP) is 3.97. The van der Waals surface area contributed by atoms with Crippen LogP contribution in [0.4, 0.5) is 0 Å². The lowest BCUT2D eigenvalue weighted by Gasteiger charge is -2.21. The number of rotatable bonds is 4. The standard InChI is InChI=1S/C31H25N7O2/c1-20(34-30(39)28-21(2)35-37-15-14-32-18-27(28)37)26-16-24-9-7-8-23(13-12-22-17-33-36(3)19-22)29(24)31(40)38(26)25-10-5-4-6-11-25/h4-11,14-20H,1-3H3,(H,34,39)/t20-/m0/s1. The first-order valence-corrected chi connectivity index (χ1v) is 12.8. The second-order valence-corrected chi connectivity index (χ2v) is 9.53. The van der Waals surface area contributed by atoms with E-state index < -0.39 is 6.04 Å². The summed E-state index contributed by atoms with van der Waals surface area (Å²) in [6.45, 7) is 3.65. The summed E-state index contributed by atoms with van der Waals surface area (Å²) in [7, 11) is 1.83. The van der Waals surface area contributed by atoms with Crippen LogP contribution in [0, 0.1) is 18.8 Å². The molecule has 4 aromatic heterocycles. The van der Waals surface area contributed by atoms with Gasteiger partial charge in [-0.1, -0.05) is 42.2 Å². The van der Waals surface area contributed by atoms with Crippen LogP contribution in [0.25, 0.3) is 22.0 Å². The van der Waals surface area contributed by atoms with Crippen molar-refractivity contribution in [3.63, 3.8) is 0 Å². The maximum Gasteiger partial charge on any atom is 0.264 e. The summed E-state index contributed by atoms with van der Waals surface area (Å²) >= 11 is 0. The quantitative estimate of drug-likeness (QED) is 0.350. The Morgan fingerprint density at radius 3 is 2.65 bits per heavy atom. The van der Waals surface area contributed by atoms with E-state index in [0.29, 0.717) is 39.1 Å². The van der Waals surface area contributed by atoms with Crippen LogP contribution in [0.2, 0.25) is 0 Å². The fraction of sp³-hybridized carbons (Fsp3) is 0.129. The maximum atomic E-state index is 14.2. The summed E-state index contributed by atoms with van der Waals surface area (Å²) in [6.07, 6.45) is 8.44. The van der Waals surface area contributed by atoms with Crippen LogP contribution in [0.5, 0.6) is 0 Å². The van der Waals surface area contributed by atoms with Crippen molar-refractivity contribution in [3.8, 4) is 17.5 Å². The first kappa shape index (κ1) is 24.8. The average molecular weight is 528 g/mol. The number of benzene rings is 2. The van der Waals surface area contributed by atoms with Crippen molar-refractivity contribution in [2.75, 3.05) is 0 Å². The lowest BCUT2D eigenvalue weighted by atomic mass is 10.0. The molecule has 40 heavy (non-hydrogen) atoms. The van der Waals surface area contributed by atoms with Gasteiger partial charge in [-0.15, -0.1) is 0 Å². The first-order valence-electron chi connectivity index (χ1n) is 12.8. The van der Waals surface area contributed by atoms with E-state index in [2.05, 4.69) is 32.3 Å². The van der Waals surface area contributed by atoms with Gasteiger partial charge in [-0.2, -0.15) is 10.2 Å². The van der Waals surface area contributed by atoms with Crippen LogP contribution in [0.3, 0.4) is 0 Å². The van der Waals surface area contributed by atoms with Crippen LogP contribution in [0.1, 0.15) is 45.8 Å². The van der Waals surface area contributed by atoms with Gasteiger partial charge in [0.25, 0.3) is 11.5 Å². The average Bonchev–Trinajstić information content (AvgIpc) is 3.53. The number of aromatic nitrogens is 6. The molecule has 0 spiro atoms. The van der Waals surface area contributed by atoms with Gasteiger partial charge in [-0.05, 0) is 43.5 Å². The van der Waals surface area contributed by atoms with E-state index >= 15 is 0 Å². The fourth-order valence-corrected chi connectivity index (χ4v) is 4.91. The minimum atomic E-state index is -0.513. The predicted molar refractivity (Wildman–Crippen MR) is 152 cm³/mol. The summed E-state index contributed by atoms with van der Waals surface area (Å²) in [4.78, 5) is 31.8. The third-order valence-corrected chi connectivity index (χ3v) is 6.77. The normalized spacial score (nSPS) is 11.8. The van der Waals surface area contributed by atoms with Crippen LogP contribution < -0.4 is 10.9 Å². The molecule has 9 heteroatoms. The lowest BCUT2D eigenvalue weighted by Crippen LogP contribution is -2.32. The molecule has 0 aliphatic rings. The molecule has 0 fully saturated rings.